The lowest BCUT2D eigenvalue weighted by atomic mass is 9.93. The van der Waals surface area contributed by atoms with Crippen LogP contribution in [0.25, 0.3) is 0 Å². The van der Waals surface area contributed by atoms with E-state index in [-0.39, 0.29) is 24.8 Å². The number of methoxy groups -OCH3 is 2. The van der Waals surface area contributed by atoms with Gasteiger partial charge in [0.2, 0.25) is 0 Å². The number of carbonyl (C=O) groups excluding carboxylic acids is 1. The van der Waals surface area contributed by atoms with Crippen molar-refractivity contribution in [2.75, 3.05) is 27.4 Å². The number of hydrogen-bond acceptors (Lipinski definition) is 8. The molecule has 27 heavy (non-hydrogen) atoms. The van der Waals surface area contributed by atoms with Crippen molar-refractivity contribution in [3.05, 3.63) is 39.9 Å². The number of hydrogen-bond donors (Lipinski definition) is 0. The van der Waals surface area contributed by atoms with Gasteiger partial charge in [-0.15, -0.1) is 0 Å². The molecule has 0 aliphatic carbocycles. The standard InChI is InChI=1S/C17H22BNO8/c1-10(11-6-4-5-7-12(11)19(21)22)8-25-17(20)26-9-13-14(23-2)15(24-3)16(18)27-13/h4-7,10,13-16H,8-9H2,1-3H3/t10?,13-,14?,15+,16-/m1/s1. The van der Waals surface area contributed by atoms with Gasteiger partial charge >= 0.3 is 6.16 Å². The third kappa shape index (κ3) is 5.18. The van der Waals surface area contributed by atoms with E-state index in [0.717, 1.165) is 0 Å². The number of para-hydroxylation sites is 1. The molecule has 146 valence electrons. The summed E-state index contributed by atoms with van der Waals surface area (Å²) in [5, 5.41) is 11.1. The summed E-state index contributed by atoms with van der Waals surface area (Å²) in [7, 11) is 8.77. The zero-order chi connectivity index (χ0) is 20.0. The monoisotopic (exact) mass is 379 g/mol. The van der Waals surface area contributed by atoms with E-state index in [4.69, 9.17) is 31.5 Å². The van der Waals surface area contributed by atoms with Crippen molar-refractivity contribution < 1.29 is 33.4 Å². The molecule has 0 spiro atoms. The normalized spacial score (nSPS) is 25.7. The van der Waals surface area contributed by atoms with E-state index in [2.05, 4.69) is 0 Å². The zero-order valence-corrected chi connectivity index (χ0v) is 15.4. The third-order valence-corrected chi connectivity index (χ3v) is 4.37. The Bertz CT molecular complexity index is 658. The van der Waals surface area contributed by atoms with Gasteiger partial charge in [0.1, 0.15) is 39.4 Å². The second-order valence-electron chi connectivity index (χ2n) is 6.13. The van der Waals surface area contributed by atoms with Gasteiger partial charge in [-0.3, -0.25) is 10.1 Å². The van der Waals surface area contributed by atoms with Crippen LogP contribution in [-0.2, 0) is 23.7 Å². The lowest BCUT2D eigenvalue weighted by Gasteiger charge is -2.21. The number of benzene rings is 1. The second-order valence-corrected chi connectivity index (χ2v) is 6.13. The number of nitro benzene ring substituents is 1. The largest absolute Gasteiger partial charge is 0.508 e. The predicted octanol–water partition coefficient (Wildman–Crippen LogP) is 1.77. The smallest absolute Gasteiger partial charge is 0.434 e. The molecule has 2 radical (unpaired) electrons. The van der Waals surface area contributed by atoms with Crippen LogP contribution < -0.4 is 0 Å². The Morgan fingerprint density at radius 2 is 1.93 bits per heavy atom. The van der Waals surface area contributed by atoms with Crippen LogP contribution in [-0.4, -0.2) is 70.7 Å². The van der Waals surface area contributed by atoms with Crippen molar-refractivity contribution in [1.29, 1.82) is 0 Å². The van der Waals surface area contributed by atoms with E-state index in [1.165, 1.54) is 20.3 Å². The Morgan fingerprint density at radius 3 is 2.56 bits per heavy atom. The molecule has 1 aromatic carbocycles. The predicted molar refractivity (Wildman–Crippen MR) is 94.8 cm³/mol. The Labute approximate surface area is 158 Å². The summed E-state index contributed by atoms with van der Waals surface area (Å²) < 4.78 is 26.1. The molecule has 1 aliphatic heterocycles. The molecule has 1 aliphatic rings. The molecule has 0 amide bonds. The Hall–Kier alpha value is -2.17. The minimum Gasteiger partial charge on any atom is -0.434 e. The highest BCUT2D eigenvalue weighted by Crippen LogP contribution is 2.27. The van der Waals surface area contributed by atoms with Gasteiger partial charge in [-0.05, 0) is 0 Å². The van der Waals surface area contributed by atoms with E-state index >= 15 is 0 Å². The minimum atomic E-state index is -0.909. The molecule has 1 saturated heterocycles. The first kappa shape index (κ1) is 21.1. The fourth-order valence-electron chi connectivity index (χ4n) is 2.99. The molecule has 9 nitrogen and oxygen atoms in total. The maximum atomic E-state index is 11.8. The Kier molecular flexibility index (Phi) is 7.58. The molecule has 5 atom stereocenters. The molecule has 0 saturated carbocycles. The van der Waals surface area contributed by atoms with Crippen LogP contribution in [0.15, 0.2) is 24.3 Å². The highest BCUT2D eigenvalue weighted by Gasteiger charge is 2.43. The maximum Gasteiger partial charge on any atom is 0.508 e. The summed E-state index contributed by atoms with van der Waals surface area (Å²) in [4.78, 5) is 22.5. The van der Waals surface area contributed by atoms with Gasteiger partial charge in [-0.25, -0.2) is 4.79 Å². The van der Waals surface area contributed by atoms with Gasteiger partial charge in [0.15, 0.2) is 0 Å². The molecule has 2 rings (SSSR count). The van der Waals surface area contributed by atoms with Crippen LogP contribution in [0.3, 0.4) is 0 Å². The van der Waals surface area contributed by atoms with Gasteiger partial charge in [-0.1, -0.05) is 25.1 Å². The molecule has 0 aromatic heterocycles. The summed E-state index contributed by atoms with van der Waals surface area (Å²) in [6.45, 7) is 1.53. The fraction of sp³-hybridized carbons (Fsp3) is 0.588. The van der Waals surface area contributed by atoms with Crippen molar-refractivity contribution in [2.45, 2.75) is 37.2 Å². The molecule has 10 heteroatoms. The lowest BCUT2D eigenvalue weighted by Crippen LogP contribution is -2.38. The van der Waals surface area contributed by atoms with Crippen molar-refractivity contribution >= 4 is 19.7 Å². The SMILES string of the molecule is [B][C@@H]1O[C@H](COC(=O)OCC(C)c2ccccc2[N+](=O)[O-])C(OC)[C@@H]1OC. The van der Waals surface area contributed by atoms with Gasteiger partial charge in [-0.2, -0.15) is 0 Å². The molecular weight excluding hydrogens is 357 g/mol. The number of nitrogens with zero attached hydrogens (tertiary/aromatic N) is 1. The average molecular weight is 379 g/mol. The van der Waals surface area contributed by atoms with Crippen molar-refractivity contribution in [3.63, 3.8) is 0 Å². The van der Waals surface area contributed by atoms with E-state index in [1.807, 2.05) is 0 Å². The third-order valence-electron chi connectivity index (χ3n) is 4.37. The van der Waals surface area contributed by atoms with E-state index in [0.29, 0.717) is 5.56 Å². The Morgan fingerprint density at radius 1 is 1.26 bits per heavy atom. The van der Waals surface area contributed by atoms with Gasteiger partial charge in [0.05, 0.1) is 4.92 Å². The summed E-state index contributed by atoms with van der Waals surface area (Å²) in [6.07, 6.45) is -2.45. The first-order valence-electron chi connectivity index (χ1n) is 8.38. The average Bonchev–Trinajstić information content (AvgIpc) is 2.98. The number of nitro groups is 1. The van der Waals surface area contributed by atoms with Crippen molar-refractivity contribution in [3.8, 4) is 0 Å². The van der Waals surface area contributed by atoms with Crippen molar-refractivity contribution in [2.24, 2.45) is 0 Å². The van der Waals surface area contributed by atoms with E-state index in [9.17, 15) is 14.9 Å². The molecule has 1 aromatic rings. The fourth-order valence-corrected chi connectivity index (χ4v) is 2.99. The molecule has 0 N–H and O–H groups in total. The number of ether oxygens (including phenoxy) is 5. The second kappa shape index (κ2) is 9.68. The van der Waals surface area contributed by atoms with Gasteiger partial charge in [0.25, 0.3) is 5.69 Å². The summed E-state index contributed by atoms with van der Waals surface area (Å²) >= 11 is 0. The zero-order valence-electron chi connectivity index (χ0n) is 15.4. The van der Waals surface area contributed by atoms with E-state index < -0.39 is 35.4 Å². The maximum absolute atomic E-state index is 11.8. The topological polar surface area (TPSA) is 106 Å². The molecular formula is C17H22BNO8. The lowest BCUT2D eigenvalue weighted by molar-refractivity contribution is -0.385. The Balaban J connectivity index is 1.84. The van der Waals surface area contributed by atoms with Crippen LogP contribution in [0, 0.1) is 10.1 Å². The van der Waals surface area contributed by atoms with Crippen LogP contribution in [0.1, 0.15) is 18.4 Å². The highest BCUT2D eigenvalue weighted by atomic mass is 16.7. The summed E-state index contributed by atoms with van der Waals surface area (Å²) in [5.74, 6) is -0.375. The molecule has 1 fully saturated rings. The first-order chi connectivity index (χ1) is 12.9. The first-order valence-corrected chi connectivity index (χ1v) is 8.38. The number of carbonyl (C=O) groups is 1. The van der Waals surface area contributed by atoms with Crippen LogP contribution in [0.4, 0.5) is 10.5 Å². The van der Waals surface area contributed by atoms with Crippen LogP contribution >= 0.6 is 0 Å². The van der Waals surface area contributed by atoms with E-state index in [1.54, 1.807) is 25.1 Å². The van der Waals surface area contributed by atoms with Gasteiger partial charge in [0, 0.05) is 37.8 Å². The summed E-state index contributed by atoms with van der Waals surface area (Å²) in [6, 6.07) is 5.61. The quantitative estimate of drug-likeness (QED) is 0.291. The van der Waals surface area contributed by atoms with Crippen LogP contribution in [0.5, 0.6) is 0 Å². The highest BCUT2D eigenvalue weighted by molar-refractivity contribution is 6.11. The minimum absolute atomic E-state index is 0.0242. The molecule has 0 bridgehead atoms. The molecule has 2 unspecified atom stereocenters. The van der Waals surface area contributed by atoms with Crippen LogP contribution in [0.2, 0.25) is 0 Å². The summed E-state index contributed by atoms with van der Waals surface area (Å²) in [5.41, 5.74) is 0.451. The number of rotatable bonds is 8. The van der Waals surface area contributed by atoms with Gasteiger partial charge < -0.3 is 23.7 Å². The molecule has 1 heterocycles. The van der Waals surface area contributed by atoms with Crippen molar-refractivity contribution in [1.82, 2.24) is 0 Å².